The number of Topliss-reactive ketones (excluding diaryl/α,β-unsaturated/α-hetero) is 1. The third-order valence-electron chi connectivity index (χ3n) is 3.98. The lowest BCUT2D eigenvalue weighted by Crippen LogP contribution is -2.13. The Hall–Kier alpha value is -1.31. The molecular formula is C15H20O2. The van der Waals surface area contributed by atoms with Crippen LogP contribution in [-0.2, 0) is 4.79 Å². The molecule has 0 heterocycles. The number of hydrogen-bond acceptors (Lipinski definition) is 2. The molecule has 92 valence electrons. The Bertz CT molecular complexity index is 425. The summed E-state index contributed by atoms with van der Waals surface area (Å²) in [6.45, 7) is 4.26. The Kier molecular flexibility index (Phi) is 3.51. The highest BCUT2D eigenvalue weighted by Gasteiger charge is 2.22. The van der Waals surface area contributed by atoms with Crippen LogP contribution in [0.4, 0.5) is 0 Å². The maximum absolute atomic E-state index is 11.3. The third kappa shape index (κ3) is 2.36. The molecule has 1 saturated carbocycles. The molecule has 0 radical (unpaired) electrons. The second kappa shape index (κ2) is 4.91. The van der Waals surface area contributed by atoms with Crippen LogP contribution in [0, 0.1) is 13.8 Å². The molecular weight excluding hydrogens is 212 g/mol. The van der Waals surface area contributed by atoms with E-state index in [0.29, 0.717) is 11.7 Å². The summed E-state index contributed by atoms with van der Waals surface area (Å²) < 4.78 is 5.33. The van der Waals surface area contributed by atoms with Crippen LogP contribution in [0.2, 0.25) is 0 Å². The highest BCUT2D eigenvalue weighted by atomic mass is 16.5. The minimum absolute atomic E-state index is 0.420. The summed E-state index contributed by atoms with van der Waals surface area (Å²) in [7, 11) is 1.71. The number of carbonyl (C=O) groups excluding carboxylic acids is 1. The van der Waals surface area contributed by atoms with Crippen LogP contribution in [0.5, 0.6) is 5.75 Å². The molecule has 2 nitrogen and oxygen atoms in total. The Labute approximate surface area is 103 Å². The van der Waals surface area contributed by atoms with Gasteiger partial charge < -0.3 is 4.74 Å². The first-order valence-electron chi connectivity index (χ1n) is 6.29. The van der Waals surface area contributed by atoms with Crippen LogP contribution in [0.1, 0.15) is 48.3 Å². The quantitative estimate of drug-likeness (QED) is 0.779. The molecule has 0 spiro atoms. The second-order valence-corrected chi connectivity index (χ2v) is 4.92. The van der Waals surface area contributed by atoms with Crippen LogP contribution in [0.15, 0.2) is 12.1 Å². The lowest BCUT2D eigenvalue weighted by molar-refractivity contribution is -0.120. The topological polar surface area (TPSA) is 26.3 Å². The highest BCUT2D eigenvalue weighted by Crippen LogP contribution is 2.36. The molecule has 1 aromatic carbocycles. The molecule has 0 aliphatic heterocycles. The van der Waals surface area contributed by atoms with Crippen LogP contribution >= 0.6 is 0 Å². The first kappa shape index (κ1) is 12.2. The maximum Gasteiger partial charge on any atom is 0.132 e. The molecule has 1 aliphatic carbocycles. The monoisotopic (exact) mass is 232 g/mol. The zero-order valence-corrected chi connectivity index (χ0v) is 10.9. The summed E-state index contributed by atoms with van der Waals surface area (Å²) in [5, 5.41) is 0. The summed E-state index contributed by atoms with van der Waals surface area (Å²) >= 11 is 0. The first-order chi connectivity index (χ1) is 8.13. The molecule has 1 aromatic rings. The predicted molar refractivity (Wildman–Crippen MR) is 68.7 cm³/mol. The lowest BCUT2D eigenvalue weighted by atomic mass is 9.81. The van der Waals surface area contributed by atoms with Crippen LogP contribution < -0.4 is 4.74 Å². The Balaban J connectivity index is 2.27. The van der Waals surface area contributed by atoms with Gasteiger partial charge in [0.05, 0.1) is 7.11 Å². The fourth-order valence-electron chi connectivity index (χ4n) is 2.73. The van der Waals surface area contributed by atoms with Crippen molar-refractivity contribution < 1.29 is 9.53 Å². The van der Waals surface area contributed by atoms with E-state index >= 15 is 0 Å². The van der Waals surface area contributed by atoms with E-state index in [9.17, 15) is 4.79 Å². The minimum Gasteiger partial charge on any atom is -0.496 e. The standard InChI is InChI=1S/C15H20O2/c1-10-11(2)15(17-3)9-8-14(10)12-4-6-13(16)7-5-12/h8-9,12H,4-7H2,1-3H3. The lowest BCUT2D eigenvalue weighted by Gasteiger charge is -2.24. The van der Waals surface area contributed by atoms with Gasteiger partial charge in [-0.2, -0.15) is 0 Å². The summed E-state index contributed by atoms with van der Waals surface area (Å²) in [5.74, 6) is 1.93. The van der Waals surface area contributed by atoms with Crippen LogP contribution in [0.3, 0.4) is 0 Å². The summed E-state index contributed by atoms with van der Waals surface area (Å²) in [6.07, 6.45) is 3.50. The number of carbonyl (C=O) groups is 1. The second-order valence-electron chi connectivity index (χ2n) is 4.92. The first-order valence-corrected chi connectivity index (χ1v) is 6.29. The number of rotatable bonds is 2. The van der Waals surface area contributed by atoms with E-state index in [4.69, 9.17) is 4.74 Å². The van der Waals surface area contributed by atoms with Gasteiger partial charge in [-0.3, -0.25) is 4.79 Å². The summed E-state index contributed by atoms with van der Waals surface area (Å²) in [6, 6.07) is 4.22. The average molecular weight is 232 g/mol. The van der Waals surface area contributed by atoms with Gasteiger partial charge in [0, 0.05) is 12.8 Å². The van der Waals surface area contributed by atoms with Gasteiger partial charge in [-0.1, -0.05) is 6.07 Å². The number of hydrogen-bond donors (Lipinski definition) is 0. The molecule has 1 fully saturated rings. The minimum atomic E-state index is 0.420. The summed E-state index contributed by atoms with van der Waals surface area (Å²) in [4.78, 5) is 11.3. The largest absolute Gasteiger partial charge is 0.496 e. The van der Waals surface area contributed by atoms with Crippen molar-refractivity contribution in [2.24, 2.45) is 0 Å². The van der Waals surface area contributed by atoms with Gasteiger partial charge in [-0.05, 0) is 55.4 Å². The van der Waals surface area contributed by atoms with Gasteiger partial charge >= 0.3 is 0 Å². The number of ether oxygens (including phenoxy) is 1. The fourth-order valence-corrected chi connectivity index (χ4v) is 2.73. The SMILES string of the molecule is COc1ccc(C2CCC(=O)CC2)c(C)c1C. The molecule has 0 unspecified atom stereocenters. The predicted octanol–water partition coefficient (Wildman–Crippen LogP) is 3.54. The average Bonchev–Trinajstić information content (AvgIpc) is 2.34. The number of ketones is 1. The molecule has 17 heavy (non-hydrogen) atoms. The van der Waals surface area contributed by atoms with E-state index in [1.165, 1.54) is 16.7 Å². The summed E-state index contributed by atoms with van der Waals surface area (Å²) in [5.41, 5.74) is 3.95. The number of methoxy groups -OCH3 is 1. The molecule has 0 N–H and O–H groups in total. The highest BCUT2D eigenvalue weighted by molar-refractivity contribution is 5.79. The van der Waals surface area contributed by atoms with Crippen molar-refractivity contribution in [2.45, 2.75) is 45.4 Å². The van der Waals surface area contributed by atoms with E-state index in [-0.39, 0.29) is 0 Å². The van der Waals surface area contributed by atoms with Crippen LogP contribution in [-0.4, -0.2) is 12.9 Å². The van der Waals surface area contributed by atoms with Crippen LogP contribution in [0.25, 0.3) is 0 Å². The van der Waals surface area contributed by atoms with Crippen molar-refractivity contribution in [1.29, 1.82) is 0 Å². The normalized spacial score (nSPS) is 17.2. The Morgan fingerprint density at radius 1 is 1.12 bits per heavy atom. The Morgan fingerprint density at radius 3 is 2.35 bits per heavy atom. The van der Waals surface area contributed by atoms with Crippen molar-refractivity contribution >= 4 is 5.78 Å². The van der Waals surface area contributed by atoms with Crippen molar-refractivity contribution in [3.8, 4) is 5.75 Å². The van der Waals surface area contributed by atoms with Gasteiger partial charge in [0.25, 0.3) is 0 Å². The van der Waals surface area contributed by atoms with Gasteiger partial charge in [0.1, 0.15) is 11.5 Å². The van der Waals surface area contributed by atoms with E-state index in [1.807, 2.05) is 6.07 Å². The maximum atomic E-state index is 11.3. The third-order valence-corrected chi connectivity index (χ3v) is 3.98. The number of benzene rings is 1. The molecule has 1 aliphatic rings. The van der Waals surface area contributed by atoms with Gasteiger partial charge in [0.15, 0.2) is 0 Å². The fraction of sp³-hybridized carbons (Fsp3) is 0.533. The molecule has 0 bridgehead atoms. The van der Waals surface area contributed by atoms with Gasteiger partial charge in [-0.15, -0.1) is 0 Å². The van der Waals surface area contributed by atoms with Gasteiger partial charge in [-0.25, -0.2) is 0 Å². The van der Waals surface area contributed by atoms with Crippen molar-refractivity contribution in [2.75, 3.05) is 7.11 Å². The van der Waals surface area contributed by atoms with Crippen molar-refractivity contribution in [1.82, 2.24) is 0 Å². The van der Waals surface area contributed by atoms with E-state index in [2.05, 4.69) is 19.9 Å². The molecule has 0 atom stereocenters. The molecule has 0 aromatic heterocycles. The van der Waals surface area contributed by atoms with E-state index < -0.39 is 0 Å². The molecule has 2 rings (SSSR count). The van der Waals surface area contributed by atoms with Crippen molar-refractivity contribution in [3.05, 3.63) is 28.8 Å². The molecule has 2 heteroatoms. The zero-order valence-electron chi connectivity index (χ0n) is 10.9. The zero-order chi connectivity index (χ0) is 12.4. The van der Waals surface area contributed by atoms with E-state index in [0.717, 1.165) is 31.4 Å². The Morgan fingerprint density at radius 2 is 1.76 bits per heavy atom. The van der Waals surface area contributed by atoms with Gasteiger partial charge in [0.2, 0.25) is 0 Å². The molecule has 0 saturated heterocycles. The molecule has 0 amide bonds. The van der Waals surface area contributed by atoms with E-state index in [1.54, 1.807) is 7.11 Å². The smallest absolute Gasteiger partial charge is 0.132 e. The van der Waals surface area contributed by atoms with Crippen molar-refractivity contribution in [3.63, 3.8) is 0 Å².